The average Bonchev–Trinajstić information content (AvgIpc) is 2.23. The van der Waals surface area contributed by atoms with E-state index in [2.05, 4.69) is 16.1 Å². The van der Waals surface area contributed by atoms with Crippen molar-refractivity contribution < 1.29 is 45.4 Å². The summed E-state index contributed by atoms with van der Waals surface area (Å²) in [6.07, 6.45) is -10.8. The van der Waals surface area contributed by atoms with Crippen molar-refractivity contribution in [2.75, 3.05) is 0 Å². The molecule has 0 heterocycles. The van der Waals surface area contributed by atoms with E-state index in [-0.39, 0.29) is 0 Å². The minimum Gasteiger partial charge on any atom is -0.450 e. The number of esters is 2. The Morgan fingerprint density at radius 1 is 0.826 bits per heavy atom. The van der Waals surface area contributed by atoms with E-state index in [9.17, 15) is 35.9 Å². The molecule has 0 aromatic heterocycles. The number of rotatable bonds is 5. The van der Waals surface area contributed by atoms with Crippen molar-refractivity contribution in [3.05, 3.63) is 12.2 Å². The number of hydrogen-bond donors (Lipinski definition) is 0. The lowest BCUT2D eigenvalue weighted by Crippen LogP contribution is -2.44. The predicted octanol–water partition coefficient (Wildman–Crippen LogP) is 3.70. The van der Waals surface area contributed by atoms with Gasteiger partial charge in [-0.2, -0.15) is 26.3 Å². The van der Waals surface area contributed by atoms with Crippen LogP contribution in [0.25, 0.3) is 0 Å². The highest BCUT2D eigenvalue weighted by atomic mass is 19.4. The zero-order valence-corrected chi connectivity index (χ0v) is 12.8. The van der Waals surface area contributed by atoms with Gasteiger partial charge in [-0.25, -0.2) is 4.79 Å². The number of carbonyl (C=O) groups is 2. The second-order valence-corrected chi connectivity index (χ2v) is 5.66. The average molecular weight is 350 g/mol. The van der Waals surface area contributed by atoms with E-state index >= 15 is 0 Å². The molecule has 0 radical (unpaired) electrons. The van der Waals surface area contributed by atoms with Gasteiger partial charge in [-0.1, -0.05) is 6.58 Å². The Morgan fingerprint density at radius 3 is 1.52 bits per heavy atom. The van der Waals surface area contributed by atoms with Gasteiger partial charge in [0.05, 0.1) is 6.42 Å². The summed E-state index contributed by atoms with van der Waals surface area (Å²) in [5, 5.41) is 0. The standard InChI is InChI=1S/C13H16F6O4/c1-7(9(21)23-11(4,5)13(17,18)19)6-8(20)22-10(2,3)12(14,15)16/h1,6H2,2-5H3. The molecule has 0 aromatic rings. The molecule has 0 aromatic carbocycles. The van der Waals surface area contributed by atoms with Gasteiger partial charge in [0.15, 0.2) is 0 Å². The third-order valence-corrected chi connectivity index (χ3v) is 2.73. The number of ether oxygens (including phenoxy) is 2. The largest absolute Gasteiger partial charge is 0.450 e. The Morgan fingerprint density at radius 2 is 1.17 bits per heavy atom. The highest BCUT2D eigenvalue weighted by Gasteiger charge is 2.52. The molecule has 0 amide bonds. The lowest BCUT2D eigenvalue weighted by Gasteiger charge is -2.29. The van der Waals surface area contributed by atoms with Crippen molar-refractivity contribution in [3.8, 4) is 0 Å². The summed E-state index contributed by atoms with van der Waals surface area (Å²) in [7, 11) is 0. The van der Waals surface area contributed by atoms with Crippen LogP contribution in [0, 0.1) is 0 Å². The van der Waals surface area contributed by atoms with Gasteiger partial charge in [0.2, 0.25) is 11.2 Å². The second kappa shape index (κ2) is 6.40. The third kappa shape index (κ3) is 5.76. The van der Waals surface area contributed by atoms with Gasteiger partial charge in [0, 0.05) is 5.57 Å². The molecule has 0 spiro atoms. The van der Waals surface area contributed by atoms with Crippen LogP contribution in [0.15, 0.2) is 12.2 Å². The van der Waals surface area contributed by atoms with E-state index in [4.69, 9.17) is 0 Å². The van der Waals surface area contributed by atoms with E-state index in [0.29, 0.717) is 27.7 Å². The fourth-order valence-corrected chi connectivity index (χ4v) is 0.987. The molecule has 0 bridgehead atoms. The molecule has 0 aliphatic heterocycles. The molecule has 0 aliphatic rings. The maximum absolute atomic E-state index is 12.5. The number of halogens is 6. The molecule has 0 atom stereocenters. The highest BCUT2D eigenvalue weighted by molar-refractivity contribution is 5.93. The first-order chi connectivity index (χ1) is 9.91. The lowest BCUT2D eigenvalue weighted by molar-refractivity contribution is -0.258. The van der Waals surface area contributed by atoms with Crippen LogP contribution in [0.3, 0.4) is 0 Å². The Kier molecular flexibility index (Phi) is 5.92. The molecule has 134 valence electrons. The fourth-order valence-electron chi connectivity index (χ4n) is 0.987. The SMILES string of the molecule is C=C(CC(=O)OC(C)(C)C(F)(F)F)C(=O)OC(C)(C)C(F)(F)F. The van der Waals surface area contributed by atoms with Crippen LogP contribution in [0.1, 0.15) is 34.1 Å². The van der Waals surface area contributed by atoms with Gasteiger partial charge in [-0.3, -0.25) is 4.79 Å². The highest BCUT2D eigenvalue weighted by Crippen LogP contribution is 2.35. The van der Waals surface area contributed by atoms with Crippen molar-refractivity contribution in [1.82, 2.24) is 0 Å². The van der Waals surface area contributed by atoms with Crippen LogP contribution in [0.4, 0.5) is 26.3 Å². The smallest absolute Gasteiger partial charge is 0.427 e. The Hall–Kier alpha value is -1.74. The summed E-state index contributed by atoms with van der Waals surface area (Å²) in [6.45, 7) is 5.34. The maximum atomic E-state index is 12.5. The molecule has 0 saturated heterocycles. The number of carbonyl (C=O) groups excluding carboxylic acids is 2. The van der Waals surface area contributed by atoms with E-state index < -0.39 is 47.5 Å². The first kappa shape index (κ1) is 21.3. The molecule has 4 nitrogen and oxygen atoms in total. The summed E-state index contributed by atoms with van der Waals surface area (Å²) < 4.78 is 83.6. The summed E-state index contributed by atoms with van der Waals surface area (Å²) in [5.41, 5.74) is -6.42. The molecule has 0 rings (SSSR count). The lowest BCUT2D eigenvalue weighted by atomic mass is 10.1. The normalized spacial score (nSPS) is 13.5. The van der Waals surface area contributed by atoms with Crippen LogP contribution in [0.2, 0.25) is 0 Å². The van der Waals surface area contributed by atoms with Crippen molar-refractivity contribution in [1.29, 1.82) is 0 Å². The molecular weight excluding hydrogens is 334 g/mol. The van der Waals surface area contributed by atoms with E-state index in [1.165, 1.54) is 0 Å². The van der Waals surface area contributed by atoms with Crippen molar-refractivity contribution in [2.24, 2.45) is 0 Å². The second-order valence-electron chi connectivity index (χ2n) is 5.66. The Balaban J connectivity index is 4.79. The fraction of sp³-hybridized carbons (Fsp3) is 0.692. The van der Waals surface area contributed by atoms with Gasteiger partial charge in [-0.05, 0) is 27.7 Å². The molecular formula is C13H16F6O4. The van der Waals surface area contributed by atoms with Crippen LogP contribution < -0.4 is 0 Å². The summed E-state index contributed by atoms with van der Waals surface area (Å²) in [5.74, 6) is -3.03. The molecule has 0 unspecified atom stereocenters. The summed E-state index contributed by atoms with van der Waals surface area (Å²) in [4.78, 5) is 22.8. The summed E-state index contributed by atoms with van der Waals surface area (Å²) in [6, 6.07) is 0. The van der Waals surface area contributed by atoms with Crippen molar-refractivity contribution in [3.63, 3.8) is 0 Å². The topological polar surface area (TPSA) is 52.6 Å². The van der Waals surface area contributed by atoms with Gasteiger partial charge in [0.1, 0.15) is 0 Å². The first-order valence-corrected chi connectivity index (χ1v) is 6.17. The molecule has 0 aliphatic carbocycles. The van der Waals surface area contributed by atoms with Gasteiger partial charge < -0.3 is 9.47 Å². The van der Waals surface area contributed by atoms with E-state index in [1.54, 1.807) is 0 Å². The first-order valence-electron chi connectivity index (χ1n) is 6.17. The van der Waals surface area contributed by atoms with Crippen LogP contribution in [-0.2, 0) is 19.1 Å². The van der Waals surface area contributed by atoms with Crippen molar-refractivity contribution >= 4 is 11.9 Å². The molecule has 0 fully saturated rings. The van der Waals surface area contributed by atoms with Gasteiger partial charge in [-0.15, -0.1) is 0 Å². The quantitative estimate of drug-likeness (QED) is 0.431. The molecule has 10 heteroatoms. The van der Waals surface area contributed by atoms with E-state index in [1.807, 2.05) is 0 Å². The van der Waals surface area contributed by atoms with E-state index in [0.717, 1.165) is 0 Å². The molecule has 0 saturated carbocycles. The number of hydrogen-bond acceptors (Lipinski definition) is 4. The zero-order valence-electron chi connectivity index (χ0n) is 12.8. The molecule has 0 N–H and O–H groups in total. The minimum atomic E-state index is -4.87. The minimum absolute atomic E-state index is 0.573. The third-order valence-electron chi connectivity index (χ3n) is 2.73. The van der Waals surface area contributed by atoms with Gasteiger partial charge >= 0.3 is 24.3 Å². The number of alkyl halides is 6. The zero-order chi connectivity index (χ0) is 18.9. The Bertz CT molecular complexity index is 488. The molecule has 23 heavy (non-hydrogen) atoms. The van der Waals surface area contributed by atoms with Crippen LogP contribution in [-0.4, -0.2) is 35.5 Å². The van der Waals surface area contributed by atoms with Gasteiger partial charge in [0.25, 0.3) is 0 Å². The van der Waals surface area contributed by atoms with Crippen LogP contribution in [0.5, 0.6) is 0 Å². The monoisotopic (exact) mass is 350 g/mol. The predicted molar refractivity (Wildman–Crippen MR) is 66.2 cm³/mol. The van der Waals surface area contributed by atoms with Crippen molar-refractivity contribution in [2.45, 2.75) is 57.7 Å². The summed E-state index contributed by atoms with van der Waals surface area (Å²) >= 11 is 0. The van der Waals surface area contributed by atoms with Crippen LogP contribution >= 0.6 is 0 Å². The Labute approximate surface area is 128 Å². The maximum Gasteiger partial charge on any atom is 0.427 e.